The van der Waals surface area contributed by atoms with Crippen molar-refractivity contribution < 1.29 is 14.3 Å². The van der Waals surface area contributed by atoms with Gasteiger partial charge in [0.2, 0.25) is 0 Å². The zero-order valence-electron chi connectivity index (χ0n) is 20.8. The molecular weight excluding hydrogens is 454 g/mol. The highest BCUT2D eigenvalue weighted by atomic mass is 32.2. The van der Waals surface area contributed by atoms with Crippen molar-refractivity contribution >= 4 is 29.2 Å². The van der Waals surface area contributed by atoms with Gasteiger partial charge < -0.3 is 10.5 Å². The van der Waals surface area contributed by atoms with Gasteiger partial charge in [-0.25, -0.2) is 0 Å². The van der Waals surface area contributed by atoms with Gasteiger partial charge in [0.15, 0.2) is 11.0 Å². The molecule has 3 aromatic rings. The van der Waals surface area contributed by atoms with Gasteiger partial charge in [-0.15, -0.1) is 11.8 Å². The Kier molecular flexibility index (Phi) is 7.09. The van der Waals surface area contributed by atoms with Gasteiger partial charge in [-0.1, -0.05) is 81.4 Å². The van der Waals surface area contributed by atoms with E-state index in [0.717, 1.165) is 27.1 Å². The van der Waals surface area contributed by atoms with E-state index in [9.17, 15) is 9.59 Å². The molecule has 1 aliphatic heterocycles. The number of hydrogen-bond donors (Lipinski definition) is 1. The zero-order chi connectivity index (χ0) is 25.2. The number of carbonyl (C=O) groups is 2. The first kappa shape index (κ1) is 25.1. The van der Waals surface area contributed by atoms with E-state index in [1.54, 1.807) is 0 Å². The van der Waals surface area contributed by atoms with Crippen LogP contribution in [0.5, 0.6) is 0 Å². The van der Waals surface area contributed by atoms with Gasteiger partial charge in [-0.05, 0) is 59.6 Å². The van der Waals surface area contributed by atoms with E-state index < -0.39 is 16.8 Å². The molecule has 0 saturated carbocycles. The Morgan fingerprint density at radius 2 is 1.63 bits per heavy atom. The third-order valence-corrected chi connectivity index (χ3v) is 7.93. The number of cyclic esters (lactones) is 1. The Morgan fingerprint density at radius 3 is 2.23 bits per heavy atom. The van der Waals surface area contributed by atoms with Gasteiger partial charge in [0.05, 0.1) is 6.42 Å². The number of thioether (sulfide) groups is 1. The normalized spacial score (nSPS) is 20.5. The molecule has 0 amide bonds. The first-order valence-corrected chi connectivity index (χ1v) is 12.9. The van der Waals surface area contributed by atoms with Crippen molar-refractivity contribution in [2.24, 2.45) is 0 Å². The molecule has 5 heteroatoms. The lowest BCUT2D eigenvalue weighted by molar-refractivity contribution is -0.171. The van der Waals surface area contributed by atoms with E-state index in [1.165, 1.54) is 11.8 Å². The lowest BCUT2D eigenvalue weighted by Crippen LogP contribution is -2.47. The number of rotatable bonds is 6. The quantitative estimate of drug-likeness (QED) is 0.248. The van der Waals surface area contributed by atoms with Crippen molar-refractivity contribution in [1.29, 1.82) is 0 Å². The number of Topliss-reactive ketones (excluding diaryl/α,β-unsaturated/α-hetero) is 1. The standard InChI is InChI=1S/C30H33NO3S/c1-20-17-26(23(18-24(20)31)29(2,3)4)35-27-25(32)19-30(34-28(27)33,22-13-9-6-10-14-22)16-15-21-11-7-5-8-12-21/h5-14,17-18,27H,15-16,19,31H2,1-4H3. The maximum Gasteiger partial charge on any atom is 0.327 e. The minimum atomic E-state index is -0.966. The van der Waals surface area contributed by atoms with Crippen molar-refractivity contribution in [1.82, 2.24) is 0 Å². The fourth-order valence-corrected chi connectivity index (χ4v) is 5.94. The lowest BCUT2D eigenvalue weighted by Gasteiger charge is -2.39. The van der Waals surface area contributed by atoms with Crippen LogP contribution in [0.4, 0.5) is 5.69 Å². The minimum Gasteiger partial charge on any atom is -0.453 e. The van der Waals surface area contributed by atoms with Crippen LogP contribution < -0.4 is 5.73 Å². The van der Waals surface area contributed by atoms with Crippen LogP contribution in [0.25, 0.3) is 0 Å². The molecule has 0 aliphatic carbocycles. The number of carbonyl (C=O) groups excluding carboxylic acids is 2. The molecule has 1 aliphatic rings. The predicted molar refractivity (Wildman–Crippen MR) is 143 cm³/mol. The monoisotopic (exact) mass is 487 g/mol. The van der Waals surface area contributed by atoms with Gasteiger partial charge in [0, 0.05) is 10.6 Å². The summed E-state index contributed by atoms with van der Waals surface area (Å²) in [7, 11) is 0. The molecule has 3 aromatic carbocycles. The number of ketones is 1. The summed E-state index contributed by atoms with van der Waals surface area (Å²) in [5, 5.41) is -0.896. The molecule has 2 N–H and O–H groups in total. The van der Waals surface area contributed by atoms with Crippen LogP contribution in [-0.2, 0) is 31.8 Å². The highest BCUT2D eigenvalue weighted by Crippen LogP contribution is 2.44. The number of benzene rings is 3. The predicted octanol–water partition coefficient (Wildman–Crippen LogP) is 6.38. The average Bonchev–Trinajstić information content (AvgIpc) is 2.82. The molecule has 0 bridgehead atoms. The van der Waals surface area contributed by atoms with Crippen molar-refractivity contribution in [3.63, 3.8) is 0 Å². The minimum absolute atomic E-state index is 0.0995. The molecule has 1 saturated heterocycles. The van der Waals surface area contributed by atoms with E-state index >= 15 is 0 Å². The summed E-state index contributed by atoms with van der Waals surface area (Å²) >= 11 is 1.29. The third kappa shape index (κ3) is 5.46. The van der Waals surface area contributed by atoms with Crippen molar-refractivity contribution in [2.45, 2.75) is 68.1 Å². The summed E-state index contributed by atoms with van der Waals surface area (Å²) < 4.78 is 6.21. The summed E-state index contributed by atoms with van der Waals surface area (Å²) in [4.78, 5) is 27.9. The van der Waals surface area contributed by atoms with Crippen LogP contribution in [0.1, 0.15) is 55.9 Å². The van der Waals surface area contributed by atoms with Gasteiger partial charge in [0.1, 0.15) is 5.60 Å². The van der Waals surface area contributed by atoms with Crippen molar-refractivity contribution in [3.05, 3.63) is 95.1 Å². The molecule has 35 heavy (non-hydrogen) atoms. The number of anilines is 1. The molecule has 0 spiro atoms. The van der Waals surface area contributed by atoms with Crippen LogP contribution in [0.3, 0.4) is 0 Å². The maximum absolute atomic E-state index is 13.6. The molecule has 2 unspecified atom stereocenters. The number of ether oxygens (including phenoxy) is 1. The second-order valence-corrected chi connectivity index (χ2v) is 11.5. The second kappa shape index (κ2) is 9.90. The average molecular weight is 488 g/mol. The largest absolute Gasteiger partial charge is 0.453 e. The Hall–Kier alpha value is -3.05. The van der Waals surface area contributed by atoms with Crippen LogP contribution in [0, 0.1) is 6.92 Å². The molecule has 4 nitrogen and oxygen atoms in total. The molecular formula is C30H33NO3S. The molecule has 2 atom stereocenters. The van der Waals surface area contributed by atoms with E-state index in [4.69, 9.17) is 10.5 Å². The summed E-state index contributed by atoms with van der Waals surface area (Å²) in [5.74, 6) is -0.574. The number of hydrogen-bond acceptors (Lipinski definition) is 5. The lowest BCUT2D eigenvalue weighted by atomic mass is 9.81. The van der Waals surface area contributed by atoms with Crippen molar-refractivity contribution in [2.75, 3.05) is 5.73 Å². The smallest absolute Gasteiger partial charge is 0.327 e. The second-order valence-electron chi connectivity index (χ2n) is 10.4. The topological polar surface area (TPSA) is 69.4 Å². The summed E-state index contributed by atoms with van der Waals surface area (Å²) in [6.45, 7) is 8.25. The van der Waals surface area contributed by atoms with Gasteiger partial charge in [-0.2, -0.15) is 0 Å². The van der Waals surface area contributed by atoms with E-state index in [2.05, 4.69) is 32.9 Å². The third-order valence-electron chi connectivity index (χ3n) is 6.64. The zero-order valence-corrected chi connectivity index (χ0v) is 21.7. The summed E-state index contributed by atoms with van der Waals surface area (Å²) in [5.41, 5.74) is 9.71. The number of aryl methyl sites for hydroxylation is 2. The van der Waals surface area contributed by atoms with E-state index in [0.29, 0.717) is 18.5 Å². The molecule has 0 aromatic heterocycles. The molecule has 4 rings (SSSR count). The molecule has 182 valence electrons. The highest BCUT2D eigenvalue weighted by Gasteiger charge is 2.48. The Labute approximate surface area is 212 Å². The van der Waals surface area contributed by atoms with Crippen LogP contribution in [0.2, 0.25) is 0 Å². The Morgan fingerprint density at radius 1 is 1.00 bits per heavy atom. The number of esters is 1. The van der Waals surface area contributed by atoms with Crippen LogP contribution >= 0.6 is 11.8 Å². The van der Waals surface area contributed by atoms with E-state index in [-0.39, 0.29) is 17.6 Å². The Balaban J connectivity index is 1.64. The first-order valence-electron chi connectivity index (χ1n) is 12.0. The van der Waals surface area contributed by atoms with Gasteiger partial charge in [-0.3, -0.25) is 9.59 Å². The number of nitrogens with two attached hydrogens (primary N) is 1. The van der Waals surface area contributed by atoms with Crippen LogP contribution in [0.15, 0.2) is 77.7 Å². The molecule has 1 fully saturated rings. The van der Waals surface area contributed by atoms with Crippen LogP contribution in [-0.4, -0.2) is 17.0 Å². The Bertz CT molecular complexity index is 1200. The highest BCUT2D eigenvalue weighted by molar-refractivity contribution is 8.01. The molecule has 1 heterocycles. The number of nitrogen functional groups attached to an aromatic ring is 1. The first-order chi connectivity index (χ1) is 16.6. The van der Waals surface area contributed by atoms with Gasteiger partial charge in [0.25, 0.3) is 0 Å². The summed E-state index contributed by atoms with van der Waals surface area (Å²) in [6.07, 6.45) is 1.41. The summed E-state index contributed by atoms with van der Waals surface area (Å²) in [6, 6.07) is 23.7. The fraction of sp³-hybridized carbons (Fsp3) is 0.333. The van der Waals surface area contributed by atoms with E-state index in [1.807, 2.05) is 67.6 Å². The van der Waals surface area contributed by atoms with Crippen molar-refractivity contribution in [3.8, 4) is 0 Å². The SMILES string of the molecule is Cc1cc(SC2C(=O)CC(CCc3ccccc3)(c3ccccc3)OC2=O)c(C(C)(C)C)cc1N. The maximum atomic E-state index is 13.6. The molecule has 0 radical (unpaired) electrons. The fourth-order valence-electron chi connectivity index (χ4n) is 4.59. The van der Waals surface area contributed by atoms with Gasteiger partial charge >= 0.3 is 5.97 Å².